The molecule has 0 aliphatic heterocycles. The van der Waals surface area contributed by atoms with Gasteiger partial charge in [-0.2, -0.15) is 0 Å². The second-order valence-corrected chi connectivity index (χ2v) is 12.1. The van der Waals surface area contributed by atoms with Crippen LogP contribution in [0.1, 0.15) is 0 Å². The summed E-state index contributed by atoms with van der Waals surface area (Å²) >= 11 is 0. The molecule has 1 heterocycles. The van der Waals surface area contributed by atoms with Gasteiger partial charge in [-0.05, 0) is 72.8 Å². The largest absolute Gasteiger partial charge is 0.208 e. The van der Waals surface area contributed by atoms with Gasteiger partial charge in [0.2, 0.25) is 0 Å². The number of nitrogens with zero attached hydrogens (tertiary/aromatic N) is 3. The Morgan fingerprint density at radius 2 is 0.688 bits per heavy atom. The lowest BCUT2D eigenvalue weighted by Crippen LogP contribution is -2.01. The monoisotopic (exact) mass is 611 g/mol. The summed E-state index contributed by atoms with van der Waals surface area (Å²) in [4.78, 5) is 15.4. The molecule has 0 amide bonds. The lowest BCUT2D eigenvalue weighted by Gasteiger charge is -2.12. The SMILES string of the molecule is c1ccc(-c2ccc3cc(-c4cccc(-c5nc(-c6cccc7ccccc67)nc(-c6cccc7ccccc67)n5)c4)ccc3c2)cc1. The van der Waals surface area contributed by atoms with Gasteiger partial charge in [0.1, 0.15) is 0 Å². The summed E-state index contributed by atoms with van der Waals surface area (Å²) in [7, 11) is 0. The Bertz CT molecular complexity index is 2520. The molecule has 48 heavy (non-hydrogen) atoms. The molecule has 0 atom stereocenters. The Labute approximate surface area is 278 Å². The fraction of sp³-hybridized carbons (Fsp3) is 0. The summed E-state index contributed by atoms with van der Waals surface area (Å²) < 4.78 is 0. The molecule has 0 bridgehead atoms. The van der Waals surface area contributed by atoms with Gasteiger partial charge in [0.05, 0.1) is 0 Å². The molecule has 9 rings (SSSR count). The molecule has 0 aliphatic carbocycles. The average Bonchev–Trinajstić information content (AvgIpc) is 3.17. The molecule has 0 saturated heterocycles. The first kappa shape index (κ1) is 27.8. The molecule has 3 nitrogen and oxygen atoms in total. The molecule has 0 aliphatic rings. The fourth-order valence-electron chi connectivity index (χ4n) is 6.66. The van der Waals surface area contributed by atoms with Crippen LogP contribution >= 0.6 is 0 Å². The van der Waals surface area contributed by atoms with Crippen LogP contribution in [0.15, 0.2) is 176 Å². The van der Waals surface area contributed by atoms with E-state index in [9.17, 15) is 0 Å². The summed E-state index contributed by atoms with van der Waals surface area (Å²) in [6.45, 7) is 0. The third-order valence-electron chi connectivity index (χ3n) is 9.10. The van der Waals surface area contributed by atoms with E-state index in [1.54, 1.807) is 0 Å². The van der Waals surface area contributed by atoms with Crippen molar-refractivity contribution in [3.63, 3.8) is 0 Å². The maximum Gasteiger partial charge on any atom is 0.164 e. The molecule has 0 radical (unpaired) electrons. The third kappa shape index (κ3) is 5.08. The Balaban J connectivity index is 1.18. The molecule has 9 aromatic rings. The predicted octanol–water partition coefficient (Wildman–Crippen LogP) is 11.7. The van der Waals surface area contributed by atoms with Gasteiger partial charge in [-0.3, -0.25) is 0 Å². The normalized spacial score (nSPS) is 11.3. The Morgan fingerprint density at radius 1 is 0.250 bits per heavy atom. The molecular weight excluding hydrogens is 583 g/mol. The van der Waals surface area contributed by atoms with Crippen molar-refractivity contribution in [3.8, 4) is 56.4 Å². The smallest absolute Gasteiger partial charge is 0.164 e. The second kappa shape index (κ2) is 11.7. The lowest BCUT2D eigenvalue weighted by atomic mass is 9.97. The minimum atomic E-state index is 0.644. The van der Waals surface area contributed by atoms with Crippen molar-refractivity contribution in [2.45, 2.75) is 0 Å². The van der Waals surface area contributed by atoms with Crippen molar-refractivity contribution in [1.82, 2.24) is 15.0 Å². The number of aromatic nitrogens is 3. The van der Waals surface area contributed by atoms with Crippen molar-refractivity contribution in [2.75, 3.05) is 0 Å². The summed E-state index contributed by atoms with van der Waals surface area (Å²) in [6.07, 6.45) is 0. The minimum absolute atomic E-state index is 0.644. The molecule has 1 aromatic heterocycles. The zero-order valence-electron chi connectivity index (χ0n) is 26.1. The number of hydrogen-bond acceptors (Lipinski definition) is 3. The summed E-state index contributed by atoms with van der Waals surface area (Å²) in [5.74, 6) is 1.96. The third-order valence-corrected chi connectivity index (χ3v) is 9.10. The highest BCUT2D eigenvalue weighted by Gasteiger charge is 2.16. The summed E-state index contributed by atoms with van der Waals surface area (Å²) in [5.41, 5.74) is 7.61. The number of fused-ring (bicyclic) bond motifs is 3. The first-order valence-corrected chi connectivity index (χ1v) is 16.2. The molecule has 8 aromatic carbocycles. The maximum absolute atomic E-state index is 5.13. The van der Waals surface area contributed by atoms with Crippen molar-refractivity contribution in [3.05, 3.63) is 176 Å². The number of benzene rings is 8. The van der Waals surface area contributed by atoms with Crippen LogP contribution in [0.4, 0.5) is 0 Å². The van der Waals surface area contributed by atoms with Crippen LogP contribution in [0.2, 0.25) is 0 Å². The fourth-order valence-corrected chi connectivity index (χ4v) is 6.66. The lowest BCUT2D eigenvalue weighted by molar-refractivity contribution is 1.08. The molecule has 224 valence electrons. The van der Waals surface area contributed by atoms with Gasteiger partial charge in [0.25, 0.3) is 0 Å². The zero-order valence-corrected chi connectivity index (χ0v) is 26.1. The highest BCUT2D eigenvalue weighted by Crippen LogP contribution is 2.34. The first-order chi connectivity index (χ1) is 23.8. The van der Waals surface area contributed by atoms with Gasteiger partial charge in [-0.1, -0.05) is 158 Å². The quantitative estimate of drug-likeness (QED) is 0.194. The molecule has 0 fully saturated rings. The highest BCUT2D eigenvalue weighted by molar-refractivity contribution is 5.98. The number of hydrogen-bond donors (Lipinski definition) is 0. The average molecular weight is 612 g/mol. The zero-order chi connectivity index (χ0) is 31.9. The Kier molecular flexibility index (Phi) is 6.80. The van der Waals surface area contributed by atoms with Gasteiger partial charge in [-0.25, -0.2) is 15.0 Å². The predicted molar refractivity (Wildman–Crippen MR) is 200 cm³/mol. The molecule has 0 N–H and O–H groups in total. The molecule has 0 spiro atoms. The topological polar surface area (TPSA) is 38.7 Å². The summed E-state index contributed by atoms with van der Waals surface area (Å²) in [6, 6.07) is 61.8. The van der Waals surface area contributed by atoms with E-state index >= 15 is 0 Å². The maximum atomic E-state index is 5.13. The molecular formula is C45H29N3. The van der Waals surface area contributed by atoms with Crippen LogP contribution in [0.5, 0.6) is 0 Å². The van der Waals surface area contributed by atoms with Crippen LogP contribution in [-0.4, -0.2) is 15.0 Å². The van der Waals surface area contributed by atoms with Crippen molar-refractivity contribution < 1.29 is 0 Å². The van der Waals surface area contributed by atoms with Crippen molar-refractivity contribution in [1.29, 1.82) is 0 Å². The minimum Gasteiger partial charge on any atom is -0.208 e. The van der Waals surface area contributed by atoms with E-state index in [0.29, 0.717) is 17.5 Å². The first-order valence-electron chi connectivity index (χ1n) is 16.2. The van der Waals surface area contributed by atoms with E-state index in [-0.39, 0.29) is 0 Å². The van der Waals surface area contributed by atoms with Gasteiger partial charge >= 0.3 is 0 Å². The highest BCUT2D eigenvalue weighted by atomic mass is 15.0. The van der Waals surface area contributed by atoms with Gasteiger partial charge in [0.15, 0.2) is 17.5 Å². The van der Waals surface area contributed by atoms with E-state index in [0.717, 1.165) is 49.4 Å². The molecule has 0 unspecified atom stereocenters. The van der Waals surface area contributed by atoms with Crippen LogP contribution in [0.3, 0.4) is 0 Å². The van der Waals surface area contributed by atoms with E-state index < -0.39 is 0 Å². The molecule has 0 saturated carbocycles. The Hall–Kier alpha value is -6.45. The summed E-state index contributed by atoms with van der Waals surface area (Å²) in [5, 5.41) is 6.95. The van der Waals surface area contributed by atoms with Crippen molar-refractivity contribution in [2.24, 2.45) is 0 Å². The van der Waals surface area contributed by atoms with E-state index in [1.807, 2.05) is 0 Å². The van der Waals surface area contributed by atoms with E-state index in [4.69, 9.17) is 15.0 Å². The van der Waals surface area contributed by atoms with E-state index in [2.05, 4.69) is 176 Å². The molecule has 3 heteroatoms. The van der Waals surface area contributed by atoms with Crippen LogP contribution < -0.4 is 0 Å². The Morgan fingerprint density at radius 3 is 1.31 bits per heavy atom. The van der Waals surface area contributed by atoms with Gasteiger partial charge in [0, 0.05) is 16.7 Å². The standard InChI is InChI=1S/C45H29N3/c1-2-11-30(12-3-1)34-23-24-37-28-35(25-26-36(37)27-34)33-17-8-18-38(29-33)43-46-44(41-21-9-15-31-13-4-6-19-39(31)41)48-45(47-43)42-22-10-16-32-14-5-7-20-40(32)42/h1-29H. The van der Waals surface area contributed by atoms with E-state index in [1.165, 1.54) is 21.9 Å². The van der Waals surface area contributed by atoms with Gasteiger partial charge in [-0.15, -0.1) is 0 Å². The van der Waals surface area contributed by atoms with Gasteiger partial charge < -0.3 is 0 Å². The second-order valence-electron chi connectivity index (χ2n) is 12.1. The number of rotatable bonds is 5. The van der Waals surface area contributed by atoms with Crippen LogP contribution in [-0.2, 0) is 0 Å². The van der Waals surface area contributed by atoms with Crippen molar-refractivity contribution >= 4 is 32.3 Å². The van der Waals surface area contributed by atoms with Crippen LogP contribution in [0.25, 0.3) is 88.7 Å². The van der Waals surface area contributed by atoms with Crippen LogP contribution in [0, 0.1) is 0 Å².